The molecule has 0 aliphatic rings. The van der Waals surface area contributed by atoms with Gasteiger partial charge in [0.05, 0.1) is 12.6 Å². The summed E-state index contributed by atoms with van der Waals surface area (Å²) in [5, 5.41) is 1.18. The first-order valence-electron chi connectivity index (χ1n) is 6.54. The van der Waals surface area contributed by atoms with Crippen LogP contribution in [-0.4, -0.2) is 20.3 Å². The molecule has 0 saturated heterocycles. The van der Waals surface area contributed by atoms with E-state index >= 15 is 0 Å². The number of benzene rings is 2. The fraction of sp³-hybridized carbons (Fsp3) is 0.250. The van der Waals surface area contributed by atoms with Crippen molar-refractivity contribution in [2.75, 3.05) is 20.3 Å². The molecule has 2 N–H and O–H groups in total. The number of ether oxygens (including phenoxy) is 2. The van der Waals surface area contributed by atoms with Gasteiger partial charge in [0.2, 0.25) is 0 Å². The number of methoxy groups -OCH3 is 1. The van der Waals surface area contributed by atoms with Crippen LogP contribution in [-0.2, 0) is 4.74 Å². The Morgan fingerprint density at radius 1 is 1.05 bits per heavy atom. The van der Waals surface area contributed by atoms with E-state index in [1.54, 1.807) is 25.3 Å². The monoisotopic (exact) mass is 325 g/mol. The molecule has 112 valence electrons. The summed E-state index contributed by atoms with van der Waals surface area (Å²) in [6.07, 6.45) is 0. The van der Waals surface area contributed by atoms with Gasteiger partial charge < -0.3 is 15.2 Å². The zero-order valence-electron chi connectivity index (χ0n) is 11.7. The highest BCUT2D eigenvalue weighted by molar-refractivity contribution is 6.33. The number of rotatable bonds is 6. The van der Waals surface area contributed by atoms with Crippen LogP contribution in [0.5, 0.6) is 5.75 Å². The van der Waals surface area contributed by atoms with E-state index in [0.717, 1.165) is 16.9 Å². The summed E-state index contributed by atoms with van der Waals surface area (Å²) in [4.78, 5) is 0. The predicted molar refractivity (Wildman–Crippen MR) is 86.3 cm³/mol. The lowest BCUT2D eigenvalue weighted by Gasteiger charge is -2.18. The van der Waals surface area contributed by atoms with Crippen LogP contribution in [0.2, 0.25) is 10.0 Å². The van der Waals surface area contributed by atoms with Gasteiger partial charge in [-0.2, -0.15) is 0 Å². The smallest absolute Gasteiger partial charge is 0.124 e. The molecule has 2 aromatic rings. The Morgan fingerprint density at radius 3 is 2.57 bits per heavy atom. The Morgan fingerprint density at radius 2 is 1.81 bits per heavy atom. The van der Waals surface area contributed by atoms with Crippen LogP contribution >= 0.6 is 23.2 Å². The summed E-state index contributed by atoms with van der Waals surface area (Å²) in [5.41, 5.74) is 7.97. The summed E-state index contributed by atoms with van der Waals surface area (Å²) >= 11 is 12.2. The van der Waals surface area contributed by atoms with E-state index in [-0.39, 0.29) is 0 Å². The van der Waals surface area contributed by atoms with Gasteiger partial charge >= 0.3 is 0 Å². The summed E-state index contributed by atoms with van der Waals surface area (Å²) in [6, 6.07) is 12.5. The van der Waals surface area contributed by atoms with Gasteiger partial charge in [-0.25, -0.2) is 0 Å². The molecule has 21 heavy (non-hydrogen) atoms. The van der Waals surface area contributed by atoms with Crippen molar-refractivity contribution in [3.63, 3.8) is 0 Å². The van der Waals surface area contributed by atoms with Crippen LogP contribution in [0.4, 0.5) is 0 Å². The van der Waals surface area contributed by atoms with Gasteiger partial charge in [-0.05, 0) is 29.8 Å². The third kappa shape index (κ3) is 4.11. The zero-order valence-corrected chi connectivity index (χ0v) is 13.2. The Hall–Kier alpha value is -1.26. The van der Waals surface area contributed by atoms with Crippen LogP contribution in [0.1, 0.15) is 17.2 Å². The molecule has 0 saturated carbocycles. The molecule has 0 aromatic heterocycles. The van der Waals surface area contributed by atoms with Gasteiger partial charge in [-0.3, -0.25) is 0 Å². The molecule has 5 heteroatoms. The zero-order chi connectivity index (χ0) is 15.2. The highest BCUT2D eigenvalue weighted by atomic mass is 35.5. The second-order valence-electron chi connectivity index (χ2n) is 4.52. The minimum Gasteiger partial charge on any atom is -0.491 e. The molecule has 0 aliphatic heterocycles. The minimum absolute atomic E-state index is 0.407. The molecule has 1 atom stereocenters. The van der Waals surface area contributed by atoms with E-state index in [9.17, 15) is 0 Å². The highest BCUT2D eigenvalue weighted by Crippen LogP contribution is 2.33. The molecule has 2 aromatic carbocycles. The molecular weight excluding hydrogens is 309 g/mol. The topological polar surface area (TPSA) is 44.5 Å². The molecule has 0 amide bonds. The lowest BCUT2D eigenvalue weighted by atomic mass is 9.98. The lowest BCUT2D eigenvalue weighted by Crippen LogP contribution is -2.15. The second-order valence-corrected chi connectivity index (χ2v) is 5.37. The van der Waals surface area contributed by atoms with Crippen LogP contribution in [0, 0.1) is 0 Å². The van der Waals surface area contributed by atoms with Gasteiger partial charge in [0.15, 0.2) is 0 Å². The summed E-state index contributed by atoms with van der Waals surface area (Å²) < 4.78 is 10.7. The first-order chi connectivity index (χ1) is 10.1. The molecule has 0 bridgehead atoms. The van der Waals surface area contributed by atoms with E-state index in [1.807, 2.05) is 24.3 Å². The van der Waals surface area contributed by atoms with Crippen LogP contribution in [0.15, 0.2) is 42.5 Å². The van der Waals surface area contributed by atoms with Crippen molar-refractivity contribution in [3.05, 3.63) is 63.6 Å². The van der Waals surface area contributed by atoms with Crippen molar-refractivity contribution in [2.24, 2.45) is 5.73 Å². The molecule has 0 aliphatic carbocycles. The van der Waals surface area contributed by atoms with E-state index in [0.29, 0.717) is 23.3 Å². The average Bonchev–Trinajstić information content (AvgIpc) is 2.50. The van der Waals surface area contributed by atoms with Gasteiger partial charge in [-0.15, -0.1) is 0 Å². The van der Waals surface area contributed by atoms with Crippen molar-refractivity contribution >= 4 is 23.2 Å². The fourth-order valence-corrected chi connectivity index (χ4v) is 2.44. The van der Waals surface area contributed by atoms with Crippen molar-refractivity contribution in [2.45, 2.75) is 6.04 Å². The fourth-order valence-electron chi connectivity index (χ4n) is 2.02. The Bertz CT molecular complexity index is 605. The minimum atomic E-state index is -0.407. The summed E-state index contributed by atoms with van der Waals surface area (Å²) in [6.45, 7) is 0.977. The van der Waals surface area contributed by atoms with Gasteiger partial charge in [0.25, 0.3) is 0 Å². The van der Waals surface area contributed by atoms with Crippen molar-refractivity contribution in [1.82, 2.24) is 0 Å². The largest absolute Gasteiger partial charge is 0.491 e. The SMILES string of the molecule is COCCOc1ccccc1C(N)c1cc(Cl)ccc1Cl. The van der Waals surface area contributed by atoms with E-state index in [4.69, 9.17) is 38.4 Å². The number of nitrogens with two attached hydrogens (primary N) is 1. The molecule has 0 spiro atoms. The average molecular weight is 326 g/mol. The maximum atomic E-state index is 6.34. The quantitative estimate of drug-likeness (QED) is 0.814. The number of hydrogen-bond donors (Lipinski definition) is 1. The number of halogens is 2. The molecule has 2 rings (SSSR count). The summed E-state index contributed by atoms with van der Waals surface area (Å²) in [5.74, 6) is 0.720. The van der Waals surface area contributed by atoms with Crippen LogP contribution in [0.3, 0.4) is 0 Å². The van der Waals surface area contributed by atoms with E-state index in [2.05, 4.69) is 0 Å². The first kappa shape index (κ1) is 16.1. The maximum Gasteiger partial charge on any atom is 0.124 e. The van der Waals surface area contributed by atoms with Gasteiger partial charge in [0, 0.05) is 22.7 Å². The third-order valence-electron chi connectivity index (χ3n) is 3.09. The Balaban J connectivity index is 2.30. The van der Waals surface area contributed by atoms with E-state index in [1.165, 1.54) is 0 Å². The third-order valence-corrected chi connectivity index (χ3v) is 3.67. The predicted octanol–water partition coefficient (Wildman–Crippen LogP) is 4.07. The van der Waals surface area contributed by atoms with Crippen molar-refractivity contribution in [1.29, 1.82) is 0 Å². The molecular formula is C16H17Cl2NO2. The number of hydrogen-bond acceptors (Lipinski definition) is 3. The highest BCUT2D eigenvalue weighted by Gasteiger charge is 2.17. The van der Waals surface area contributed by atoms with Crippen LogP contribution < -0.4 is 10.5 Å². The molecule has 0 heterocycles. The van der Waals surface area contributed by atoms with Gasteiger partial charge in [0.1, 0.15) is 12.4 Å². The molecule has 0 radical (unpaired) electrons. The lowest BCUT2D eigenvalue weighted by molar-refractivity contribution is 0.145. The van der Waals surface area contributed by atoms with Crippen molar-refractivity contribution in [3.8, 4) is 5.75 Å². The second kappa shape index (κ2) is 7.66. The molecule has 0 fully saturated rings. The normalized spacial score (nSPS) is 12.2. The molecule has 1 unspecified atom stereocenters. The first-order valence-corrected chi connectivity index (χ1v) is 7.30. The Labute approximate surface area is 134 Å². The number of para-hydroxylation sites is 1. The summed E-state index contributed by atoms with van der Waals surface area (Å²) in [7, 11) is 1.63. The maximum absolute atomic E-state index is 6.34. The van der Waals surface area contributed by atoms with Crippen LogP contribution in [0.25, 0.3) is 0 Å². The Kier molecular flexibility index (Phi) is 5.88. The standard InChI is InChI=1S/C16H17Cl2NO2/c1-20-8-9-21-15-5-3-2-4-12(15)16(19)13-10-11(17)6-7-14(13)18/h2-7,10,16H,8-9,19H2,1H3. The van der Waals surface area contributed by atoms with Crippen molar-refractivity contribution < 1.29 is 9.47 Å². The molecule has 3 nitrogen and oxygen atoms in total. The van der Waals surface area contributed by atoms with E-state index < -0.39 is 6.04 Å². The van der Waals surface area contributed by atoms with Gasteiger partial charge in [-0.1, -0.05) is 41.4 Å².